The fraction of sp³-hybridized carbons (Fsp3) is 0.368. The molecular formula is C19H25N. The lowest BCUT2D eigenvalue weighted by Crippen LogP contribution is -2.17. The molecule has 0 saturated carbocycles. The van der Waals surface area contributed by atoms with Crippen molar-refractivity contribution in [2.24, 2.45) is 0 Å². The molecule has 0 aliphatic heterocycles. The maximum Gasteiger partial charge on any atom is 0.0291 e. The molecule has 106 valence electrons. The molecule has 0 amide bonds. The van der Waals surface area contributed by atoms with E-state index in [1.165, 1.54) is 33.4 Å². The molecule has 20 heavy (non-hydrogen) atoms. The minimum atomic E-state index is 0.395. The van der Waals surface area contributed by atoms with Crippen LogP contribution in [0.5, 0.6) is 0 Å². The molecule has 0 aliphatic carbocycles. The molecular weight excluding hydrogens is 242 g/mol. The molecule has 1 nitrogen and oxygen atoms in total. The van der Waals surface area contributed by atoms with Crippen LogP contribution in [0.1, 0.15) is 42.1 Å². The Balaban J connectivity index is 2.43. The molecule has 1 heteroatoms. The lowest BCUT2D eigenvalue weighted by atomic mass is 9.93. The number of rotatable bonds is 4. The predicted molar refractivity (Wildman–Crippen MR) is 88.2 cm³/mol. The maximum absolute atomic E-state index is 3.48. The highest BCUT2D eigenvalue weighted by Gasteiger charge is 2.08. The van der Waals surface area contributed by atoms with Crippen molar-refractivity contribution in [3.63, 3.8) is 0 Å². The molecule has 2 aromatic rings. The highest BCUT2D eigenvalue weighted by molar-refractivity contribution is 5.69. The van der Waals surface area contributed by atoms with E-state index in [0.717, 1.165) is 6.54 Å². The van der Waals surface area contributed by atoms with Crippen LogP contribution in [0.3, 0.4) is 0 Å². The van der Waals surface area contributed by atoms with Crippen molar-refractivity contribution in [3.8, 4) is 11.1 Å². The highest BCUT2D eigenvalue weighted by Crippen LogP contribution is 2.28. The molecule has 0 radical (unpaired) electrons. The number of benzene rings is 2. The monoisotopic (exact) mass is 267 g/mol. The van der Waals surface area contributed by atoms with Gasteiger partial charge in [-0.15, -0.1) is 0 Å². The number of hydrogen-bond donors (Lipinski definition) is 1. The molecule has 2 aromatic carbocycles. The highest BCUT2D eigenvalue weighted by atomic mass is 14.9. The summed E-state index contributed by atoms with van der Waals surface area (Å²) in [6.45, 7) is 11.9. The Labute approximate surface area is 123 Å². The van der Waals surface area contributed by atoms with Gasteiger partial charge in [0.05, 0.1) is 0 Å². The first-order valence-electron chi connectivity index (χ1n) is 7.44. The van der Waals surface area contributed by atoms with Crippen molar-refractivity contribution in [3.05, 3.63) is 58.7 Å². The standard InChI is InChI=1S/C19H25N/c1-6-20-16(5)17-8-7-9-18(12-17)19-11-14(3)13(2)10-15(19)4/h7-12,16,20H,6H2,1-5H3. The minimum Gasteiger partial charge on any atom is -0.310 e. The molecule has 1 N–H and O–H groups in total. The van der Waals surface area contributed by atoms with Gasteiger partial charge in [-0.1, -0.05) is 37.3 Å². The lowest BCUT2D eigenvalue weighted by Gasteiger charge is -2.15. The van der Waals surface area contributed by atoms with Crippen molar-refractivity contribution < 1.29 is 0 Å². The summed E-state index contributed by atoms with van der Waals surface area (Å²) in [6, 6.07) is 13.9. The van der Waals surface area contributed by atoms with Gasteiger partial charge in [0.1, 0.15) is 0 Å². The van der Waals surface area contributed by atoms with Crippen LogP contribution in [0, 0.1) is 20.8 Å². The zero-order valence-corrected chi connectivity index (χ0v) is 13.2. The third-order valence-corrected chi connectivity index (χ3v) is 4.05. The van der Waals surface area contributed by atoms with Gasteiger partial charge in [-0.2, -0.15) is 0 Å². The first kappa shape index (κ1) is 14.8. The molecule has 0 saturated heterocycles. The van der Waals surface area contributed by atoms with E-state index >= 15 is 0 Å². The Morgan fingerprint density at radius 1 is 0.950 bits per heavy atom. The normalized spacial score (nSPS) is 12.4. The zero-order valence-electron chi connectivity index (χ0n) is 13.2. The van der Waals surface area contributed by atoms with Gasteiger partial charge < -0.3 is 5.32 Å². The van der Waals surface area contributed by atoms with Crippen molar-refractivity contribution in [1.82, 2.24) is 5.32 Å². The summed E-state index contributed by atoms with van der Waals surface area (Å²) < 4.78 is 0. The first-order chi connectivity index (χ1) is 9.52. The lowest BCUT2D eigenvalue weighted by molar-refractivity contribution is 0.598. The van der Waals surface area contributed by atoms with E-state index in [2.05, 4.69) is 76.3 Å². The molecule has 0 aromatic heterocycles. The number of aryl methyl sites for hydroxylation is 3. The molecule has 0 spiro atoms. The molecule has 0 fully saturated rings. The largest absolute Gasteiger partial charge is 0.310 e. The average Bonchev–Trinajstić information content (AvgIpc) is 2.43. The van der Waals surface area contributed by atoms with Gasteiger partial charge in [-0.3, -0.25) is 0 Å². The number of hydrogen-bond acceptors (Lipinski definition) is 1. The average molecular weight is 267 g/mol. The molecule has 2 rings (SSSR count). The summed E-state index contributed by atoms with van der Waals surface area (Å²) in [4.78, 5) is 0. The maximum atomic E-state index is 3.48. The predicted octanol–water partition coefficient (Wildman–Crippen LogP) is 4.95. The minimum absolute atomic E-state index is 0.395. The van der Waals surface area contributed by atoms with Gasteiger partial charge in [0.2, 0.25) is 0 Å². The van der Waals surface area contributed by atoms with Crippen LogP contribution in [-0.4, -0.2) is 6.54 Å². The summed E-state index contributed by atoms with van der Waals surface area (Å²) in [6.07, 6.45) is 0. The quantitative estimate of drug-likeness (QED) is 0.826. The van der Waals surface area contributed by atoms with Gasteiger partial charge in [-0.25, -0.2) is 0 Å². The van der Waals surface area contributed by atoms with Gasteiger partial charge in [0.15, 0.2) is 0 Å². The number of nitrogens with one attached hydrogen (secondary N) is 1. The van der Waals surface area contributed by atoms with Crippen molar-refractivity contribution in [2.45, 2.75) is 40.7 Å². The molecule has 1 atom stereocenters. The van der Waals surface area contributed by atoms with Crippen LogP contribution in [0.2, 0.25) is 0 Å². The Hall–Kier alpha value is -1.60. The zero-order chi connectivity index (χ0) is 14.7. The fourth-order valence-corrected chi connectivity index (χ4v) is 2.67. The molecule has 1 unspecified atom stereocenters. The van der Waals surface area contributed by atoms with Crippen LogP contribution >= 0.6 is 0 Å². The Morgan fingerprint density at radius 2 is 1.65 bits per heavy atom. The van der Waals surface area contributed by atoms with E-state index < -0.39 is 0 Å². The summed E-state index contributed by atoms with van der Waals surface area (Å²) >= 11 is 0. The molecule has 0 aliphatic rings. The van der Waals surface area contributed by atoms with E-state index in [1.807, 2.05) is 0 Å². The summed E-state index contributed by atoms with van der Waals surface area (Å²) in [5.74, 6) is 0. The first-order valence-corrected chi connectivity index (χ1v) is 7.44. The summed E-state index contributed by atoms with van der Waals surface area (Å²) in [5, 5.41) is 3.48. The second-order valence-electron chi connectivity index (χ2n) is 5.66. The SMILES string of the molecule is CCNC(C)c1cccc(-c2cc(C)c(C)cc2C)c1. The van der Waals surface area contributed by atoms with Crippen LogP contribution in [-0.2, 0) is 0 Å². The summed E-state index contributed by atoms with van der Waals surface area (Å²) in [7, 11) is 0. The van der Waals surface area contributed by atoms with Crippen LogP contribution in [0.25, 0.3) is 11.1 Å². The third kappa shape index (κ3) is 3.10. The van der Waals surface area contributed by atoms with E-state index in [0.29, 0.717) is 6.04 Å². The fourth-order valence-electron chi connectivity index (χ4n) is 2.67. The topological polar surface area (TPSA) is 12.0 Å². The van der Waals surface area contributed by atoms with Gasteiger partial charge >= 0.3 is 0 Å². The van der Waals surface area contributed by atoms with Crippen LogP contribution in [0.4, 0.5) is 0 Å². The Morgan fingerprint density at radius 3 is 2.35 bits per heavy atom. The second-order valence-corrected chi connectivity index (χ2v) is 5.66. The van der Waals surface area contributed by atoms with Gasteiger partial charge in [0.25, 0.3) is 0 Å². The van der Waals surface area contributed by atoms with E-state index in [9.17, 15) is 0 Å². The van der Waals surface area contributed by atoms with Crippen molar-refractivity contribution in [2.75, 3.05) is 6.54 Å². The molecule has 0 heterocycles. The summed E-state index contributed by atoms with van der Waals surface area (Å²) in [5.41, 5.74) is 8.08. The van der Waals surface area contributed by atoms with Gasteiger partial charge in [-0.05, 0) is 73.7 Å². The van der Waals surface area contributed by atoms with Crippen LogP contribution < -0.4 is 5.32 Å². The van der Waals surface area contributed by atoms with Crippen LogP contribution in [0.15, 0.2) is 36.4 Å². The van der Waals surface area contributed by atoms with E-state index in [4.69, 9.17) is 0 Å². The van der Waals surface area contributed by atoms with Gasteiger partial charge in [0, 0.05) is 6.04 Å². The smallest absolute Gasteiger partial charge is 0.0291 e. The third-order valence-electron chi connectivity index (χ3n) is 4.05. The van der Waals surface area contributed by atoms with E-state index in [1.54, 1.807) is 0 Å². The Bertz CT molecular complexity index is 599. The second kappa shape index (κ2) is 6.23. The Kier molecular flexibility index (Phi) is 4.61. The van der Waals surface area contributed by atoms with Crippen molar-refractivity contribution >= 4 is 0 Å². The van der Waals surface area contributed by atoms with Crippen molar-refractivity contribution in [1.29, 1.82) is 0 Å². The van der Waals surface area contributed by atoms with E-state index in [-0.39, 0.29) is 0 Å². The molecule has 0 bridgehead atoms.